The summed E-state index contributed by atoms with van der Waals surface area (Å²) in [6, 6.07) is 8.81. The first-order chi connectivity index (χ1) is 14.8. The summed E-state index contributed by atoms with van der Waals surface area (Å²) in [5.41, 5.74) is 4.72. The predicted octanol–water partition coefficient (Wildman–Crippen LogP) is 1.56. The maximum absolute atomic E-state index is 12.7. The van der Waals surface area contributed by atoms with Crippen LogP contribution in [0.3, 0.4) is 0 Å². The van der Waals surface area contributed by atoms with Crippen molar-refractivity contribution in [1.82, 2.24) is 20.5 Å². The third kappa shape index (κ3) is 5.90. The van der Waals surface area contributed by atoms with E-state index in [1.807, 2.05) is 17.5 Å². The van der Waals surface area contributed by atoms with Crippen molar-refractivity contribution in [3.05, 3.63) is 52.2 Å². The van der Waals surface area contributed by atoms with Crippen LogP contribution >= 0.6 is 11.3 Å². The van der Waals surface area contributed by atoms with Crippen LogP contribution in [0.1, 0.15) is 47.5 Å². The number of benzene rings is 1. The molecular weight excluding hydrogens is 440 g/mol. The van der Waals surface area contributed by atoms with Gasteiger partial charge in [-0.1, -0.05) is 12.1 Å². The molecule has 2 aromatic rings. The monoisotopic (exact) mass is 464 g/mol. The molecule has 3 amide bonds. The van der Waals surface area contributed by atoms with Crippen LogP contribution in [-0.2, 0) is 19.6 Å². The minimum atomic E-state index is -3.65. The average molecular weight is 465 g/mol. The lowest BCUT2D eigenvalue weighted by molar-refractivity contribution is -0.123. The Labute approximate surface area is 184 Å². The number of carbonyl (C=O) groups is 3. The molecule has 1 fully saturated rings. The second-order valence-electron chi connectivity index (χ2n) is 7.11. The Bertz CT molecular complexity index is 1050. The molecule has 9 nitrogen and oxygen atoms in total. The summed E-state index contributed by atoms with van der Waals surface area (Å²) in [4.78, 5) is 37.0. The second kappa shape index (κ2) is 10.0. The first kappa shape index (κ1) is 22.9. The van der Waals surface area contributed by atoms with E-state index in [1.165, 1.54) is 46.8 Å². The SMILES string of the molecule is CC(=O)NC(CC(=O)NNC(=O)c1cccc(S(=O)(=O)N2CCCC2)c1)c1cccs1. The quantitative estimate of drug-likeness (QED) is 0.537. The van der Waals surface area contributed by atoms with Crippen LogP contribution in [0.5, 0.6) is 0 Å². The van der Waals surface area contributed by atoms with Crippen LogP contribution in [0.2, 0.25) is 0 Å². The van der Waals surface area contributed by atoms with Crippen LogP contribution < -0.4 is 16.2 Å². The Morgan fingerprint density at radius 3 is 2.48 bits per heavy atom. The van der Waals surface area contributed by atoms with Gasteiger partial charge < -0.3 is 5.32 Å². The fourth-order valence-electron chi connectivity index (χ4n) is 3.27. The van der Waals surface area contributed by atoms with Gasteiger partial charge in [-0.2, -0.15) is 4.31 Å². The van der Waals surface area contributed by atoms with Crippen molar-refractivity contribution in [2.24, 2.45) is 0 Å². The minimum absolute atomic E-state index is 0.0387. The van der Waals surface area contributed by atoms with Crippen LogP contribution in [0, 0.1) is 0 Å². The van der Waals surface area contributed by atoms with Crippen LogP contribution in [0.15, 0.2) is 46.7 Å². The third-order valence-corrected chi connectivity index (χ3v) is 7.65. The van der Waals surface area contributed by atoms with E-state index in [0.717, 1.165) is 17.7 Å². The summed E-state index contributed by atoms with van der Waals surface area (Å²) in [6.07, 6.45) is 1.57. The van der Waals surface area contributed by atoms with E-state index in [2.05, 4.69) is 16.2 Å². The zero-order valence-electron chi connectivity index (χ0n) is 17.0. The standard InChI is InChI=1S/C20H24N4O5S2/c1-14(25)21-17(18-8-5-11-30-18)13-19(26)22-23-20(27)15-6-4-7-16(12-15)31(28,29)24-9-2-3-10-24/h4-8,11-12,17H,2-3,9-10,13H2,1H3,(H,21,25)(H,22,26)(H,23,27). The molecule has 2 heterocycles. The highest BCUT2D eigenvalue weighted by Gasteiger charge is 2.27. The third-order valence-electron chi connectivity index (χ3n) is 4.77. The van der Waals surface area contributed by atoms with Crippen molar-refractivity contribution in [2.45, 2.75) is 37.1 Å². The first-order valence-corrected chi connectivity index (χ1v) is 12.1. The molecule has 0 bridgehead atoms. The molecule has 166 valence electrons. The number of thiophene rings is 1. The van der Waals surface area contributed by atoms with Crippen LogP contribution in [0.25, 0.3) is 0 Å². The maximum atomic E-state index is 12.7. The molecule has 3 rings (SSSR count). The van der Waals surface area contributed by atoms with Crippen LogP contribution in [-0.4, -0.2) is 43.5 Å². The summed E-state index contributed by atoms with van der Waals surface area (Å²) in [5.74, 6) is -1.41. The topological polar surface area (TPSA) is 125 Å². The number of sulfonamides is 1. The van der Waals surface area contributed by atoms with Gasteiger partial charge in [0.1, 0.15) is 0 Å². The Balaban J connectivity index is 1.61. The molecule has 31 heavy (non-hydrogen) atoms. The molecule has 1 aliphatic heterocycles. The van der Waals surface area contributed by atoms with Crippen molar-refractivity contribution in [1.29, 1.82) is 0 Å². The van der Waals surface area contributed by atoms with Gasteiger partial charge in [0.05, 0.1) is 17.4 Å². The van der Waals surface area contributed by atoms with E-state index in [-0.39, 0.29) is 22.8 Å². The molecule has 11 heteroatoms. The number of hydrogen-bond donors (Lipinski definition) is 3. The lowest BCUT2D eigenvalue weighted by Gasteiger charge is -2.17. The van der Waals surface area contributed by atoms with E-state index in [4.69, 9.17) is 0 Å². The molecule has 0 saturated carbocycles. The average Bonchev–Trinajstić information content (AvgIpc) is 3.46. The number of nitrogens with one attached hydrogen (secondary N) is 3. The molecule has 1 aromatic carbocycles. The maximum Gasteiger partial charge on any atom is 0.269 e. The Kier molecular flexibility index (Phi) is 7.42. The number of amides is 3. The van der Waals surface area contributed by atoms with Gasteiger partial charge in [0.25, 0.3) is 5.91 Å². The zero-order valence-corrected chi connectivity index (χ0v) is 18.6. The van der Waals surface area contributed by atoms with E-state index in [1.54, 1.807) is 0 Å². The predicted molar refractivity (Wildman–Crippen MR) is 116 cm³/mol. The summed E-state index contributed by atoms with van der Waals surface area (Å²) in [6.45, 7) is 2.30. The van der Waals surface area contributed by atoms with Gasteiger partial charge in [-0.25, -0.2) is 8.42 Å². The molecule has 1 aliphatic rings. The van der Waals surface area contributed by atoms with Crippen LogP contribution in [0.4, 0.5) is 0 Å². The van der Waals surface area contributed by atoms with Gasteiger partial charge in [-0.05, 0) is 42.5 Å². The van der Waals surface area contributed by atoms with E-state index >= 15 is 0 Å². The van der Waals surface area contributed by atoms with Gasteiger partial charge in [-0.15, -0.1) is 11.3 Å². The molecular formula is C20H24N4O5S2. The minimum Gasteiger partial charge on any atom is -0.348 e. The number of nitrogens with zero attached hydrogens (tertiary/aromatic N) is 1. The molecule has 1 saturated heterocycles. The Morgan fingerprint density at radius 2 is 1.84 bits per heavy atom. The fraction of sp³-hybridized carbons (Fsp3) is 0.350. The summed E-state index contributed by atoms with van der Waals surface area (Å²) in [5, 5.41) is 4.55. The Hall–Kier alpha value is -2.76. The molecule has 0 radical (unpaired) electrons. The zero-order chi connectivity index (χ0) is 22.4. The second-order valence-corrected chi connectivity index (χ2v) is 10.0. The van der Waals surface area contributed by atoms with Crippen molar-refractivity contribution < 1.29 is 22.8 Å². The van der Waals surface area contributed by atoms with Crippen molar-refractivity contribution in [3.8, 4) is 0 Å². The van der Waals surface area contributed by atoms with Gasteiger partial charge >= 0.3 is 0 Å². The molecule has 1 unspecified atom stereocenters. The summed E-state index contributed by atoms with van der Waals surface area (Å²) in [7, 11) is -3.65. The summed E-state index contributed by atoms with van der Waals surface area (Å²) >= 11 is 1.41. The Morgan fingerprint density at radius 1 is 1.10 bits per heavy atom. The highest BCUT2D eigenvalue weighted by atomic mass is 32.2. The van der Waals surface area contributed by atoms with Gasteiger partial charge in [0, 0.05) is 30.5 Å². The van der Waals surface area contributed by atoms with Gasteiger partial charge in [-0.3, -0.25) is 25.2 Å². The highest BCUT2D eigenvalue weighted by Crippen LogP contribution is 2.23. The highest BCUT2D eigenvalue weighted by molar-refractivity contribution is 7.89. The molecule has 0 aliphatic carbocycles. The van der Waals surface area contributed by atoms with Crippen molar-refractivity contribution in [2.75, 3.05) is 13.1 Å². The number of rotatable bonds is 7. The molecule has 3 N–H and O–H groups in total. The van der Waals surface area contributed by atoms with Gasteiger partial charge in [0.2, 0.25) is 21.8 Å². The normalized spacial score (nSPS) is 15.3. The van der Waals surface area contributed by atoms with E-state index in [9.17, 15) is 22.8 Å². The van der Waals surface area contributed by atoms with E-state index < -0.39 is 27.9 Å². The number of hydrogen-bond acceptors (Lipinski definition) is 6. The van der Waals surface area contributed by atoms with Crippen molar-refractivity contribution >= 4 is 39.1 Å². The van der Waals surface area contributed by atoms with Gasteiger partial charge in [0.15, 0.2) is 0 Å². The molecule has 1 aromatic heterocycles. The lowest BCUT2D eigenvalue weighted by atomic mass is 10.1. The number of carbonyl (C=O) groups excluding carboxylic acids is 3. The van der Waals surface area contributed by atoms with E-state index in [0.29, 0.717) is 13.1 Å². The number of hydrazine groups is 1. The largest absolute Gasteiger partial charge is 0.348 e. The fourth-order valence-corrected chi connectivity index (χ4v) is 5.61. The molecule has 0 spiro atoms. The summed E-state index contributed by atoms with van der Waals surface area (Å²) < 4.78 is 26.8. The van der Waals surface area contributed by atoms with Crippen molar-refractivity contribution in [3.63, 3.8) is 0 Å². The lowest BCUT2D eigenvalue weighted by Crippen LogP contribution is -2.43. The first-order valence-electron chi connectivity index (χ1n) is 9.77. The molecule has 1 atom stereocenters. The smallest absolute Gasteiger partial charge is 0.269 e.